The molecule has 2 N–H and O–H groups in total. The van der Waals surface area contributed by atoms with Crippen LogP contribution in [0.25, 0.3) is 10.9 Å². The van der Waals surface area contributed by atoms with Crippen molar-refractivity contribution >= 4 is 28.3 Å². The number of fused-ring (bicyclic) bond motifs is 1. The number of para-hydroxylation sites is 1. The molecule has 0 aliphatic heterocycles. The zero-order valence-electron chi connectivity index (χ0n) is 17.2. The Kier molecular flexibility index (Phi) is 6.82. The number of carbonyl (C=O) groups excluding carboxylic acids is 1. The van der Waals surface area contributed by atoms with E-state index >= 15 is 0 Å². The summed E-state index contributed by atoms with van der Waals surface area (Å²) in [6.45, 7) is 1.13. The minimum atomic E-state index is -0.457. The van der Waals surface area contributed by atoms with Crippen LogP contribution in [0.2, 0.25) is 5.02 Å². The lowest BCUT2D eigenvalue weighted by atomic mass is 9.96. The number of Topliss-reactive ketones (excluding diaryl/α,β-unsaturated/α-hetero) is 1. The normalized spacial score (nSPS) is 12.2. The SMILES string of the molecule is O=C(c1cn(CCO)c2ccccc12)C(NCCc1ccc(Cl)cc1)c1ccccc1. The van der Waals surface area contributed by atoms with Crippen LogP contribution in [0.5, 0.6) is 0 Å². The third kappa shape index (κ3) is 4.88. The van der Waals surface area contributed by atoms with Crippen LogP contribution in [0.15, 0.2) is 85.1 Å². The molecular weight excluding hydrogens is 408 g/mol. The Labute approximate surface area is 187 Å². The maximum Gasteiger partial charge on any atom is 0.186 e. The highest BCUT2D eigenvalue weighted by Crippen LogP contribution is 2.27. The number of aromatic nitrogens is 1. The molecule has 0 saturated carbocycles. The van der Waals surface area contributed by atoms with Crippen molar-refractivity contribution in [3.05, 3.63) is 107 Å². The molecule has 4 aromatic rings. The Morgan fingerprint density at radius 3 is 2.42 bits per heavy atom. The van der Waals surface area contributed by atoms with E-state index in [4.69, 9.17) is 11.6 Å². The van der Waals surface area contributed by atoms with Crippen LogP contribution >= 0.6 is 11.6 Å². The van der Waals surface area contributed by atoms with Crippen LogP contribution < -0.4 is 5.32 Å². The molecule has 1 atom stereocenters. The number of aliphatic hydroxyl groups is 1. The highest BCUT2D eigenvalue weighted by Gasteiger charge is 2.24. The Bertz CT molecular complexity index is 1150. The Hall–Kier alpha value is -2.92. The molecule has 0 spiro atoms. The number of carbonyl (C=O) groups is 1. The Balaban J connectivity index is 1.62. The quantitative estimate of drug-likeness (QED) is 0.364. The number of aliphatic hydroxyl groups excluding tert-OH is 1. The molecule has 1 unspecified atom stereocenters. The number of nitrogens with zero attached hydrogens (tertiary/aromatic N) is 1. The molecule has 3 aromatic carbocycles. The number of ketones is 1. The standard InChI is InChI=1S/C26H25ClN2O2/c27-21-12-10-19(11-13-21)14-15-28-25(20-6-2-1-3-7-20)26(31)23-18-29(16-17-30)24-9-5-4-8-22(23)24/h1-13,18,25,28,30H,14-17H2. The molecule has 0 saturated heterocycles. The van der Waals surface area contributed by atoms with Gasteiger partial charge in [-0.1, -0.05) is 72.3 Å². The number of benzene rings is 3. The maximum absolute atomic E-state index is 13.7. The monoisotopic (exact) mass is 432 g/mol. The van der Waals surface area contributed by atoms with E-state index in [2.05, 4.69) is 5.32 Å². The van der Waals surface area contributed by atoms with Crippen LogP contribution in [0.3, 0.4) is 0 Å². The van der Waals surface area contributed by atoms with E-state index in [1.807, 2.05) is 89.6 Å². The molecule has 1 heterocycles. The lowest BCUT2D eigenvalue weighted by Crippen LogP contribution is -2.30. The zero-order chi connectivity index (χ0) is 21.6. The van der Waals surface area contributed by atoms with E-state index in [0.29, 0.717) is 23.7 Å². The summed E-state index contributed by atoms with van der Waals surface area (Å²) >= 11 is 5.98. The minimum Gasteiger partial charge on any atom is -0.395 e. The predicted molar refractivity (Wildman–Crippen MR) is 126 cm³/mol. The molecule has 0 aliphatic rings. The van der Waals surface area contributed by atoms with Gasteiger partial charge in [0.2, 0.25) is 0 Å². The van der Waals surface area contributed by atoms with Gasteiger partial charge < -0.3 is 15.0 Å². The van der Waals surface area contributed by atoms with E-state index < -0.39 is 6.04 Å². The largest absolute Gasteiger partial charge is 0.395 e. The second-order valence-electron chi connectivity index (χ2n) is 7.52. The first-order valence-corrected chi connectivity index (χ1v) is 10.8. The molecule has 0 amide bonds. The number of halogens is 1. The third-order valence-corrected chi connectivity index (χ3v) is 5.72. The van der Waals surface area contributed by atoms with Gasteiger partial charge in [-0.25, -0.2) is 0 Å². The Morgan fingerprint density at radius 1 is 0.968 bits per heavy atom. The number of rotatable bonds is 9. The van der Waals surface area contributed by atoms with Crippen molar-refractivity contribution in [3.63, 3.8) is 0 Å². The maximum atomic E-state index is 13.7. The van der Waals surface area contributed by atoms with Crippen LogP contribution in [-0.4, -0.2) is 28.6 Å². The fraction of sp³-hybridized carbons (Fsp3) is 0.192. The van der Waals surface area contributed by atoms with Crippen molar-refractivity contribution < 1.29 is 9.90 Å². The van der Waals surface area contributed by atoms with Gasteiger partial charge in [0, 0.05) is 40.8 Å². The van der Waals surface area contributed by atoms with Gasteiger partial charge in [0.25, 0.3) is 0 Å². The molecular formula is C26H25ClN2O2. The molecule has 0 radical (unpaired) electrons. The molecule has 31 heavy (non-hydrogen) atoms. The first-order valence-electron chi connectivity index (χ1n) is 10.4. The number of hydrogen-bond donors (Lipinski definition) is 2. The van der Waals surface area contributed by atoms with Gasteiger partial charge in [-0.05, 0) is 35.7 Å². The molecule has 0 aliphatic carbocycles. The van der Waals surface area contributed by atoms with E-state index in [0.717, 1.165) is 28.5 Å². The van der Waals surface area contributed by atoms with Gasteiger partial charge in [-0.15, -0.1) is 0 Å². The summed E-state index contributed by atoms with van der Waals surface area (Å²) in [4.78, 5) is 13.7. The number of hydrogen-bond acceptors (Lipinski definition) is 3. The highest BCUT2D eigenvalue weighted by molar-refractivity contribution is 6.30. The van der Waals surface area contributed by atoms with Crippen LogP contribution in [0.1, 0.15) is 27.5 Å². The van der Waals surface area contributed by atoms with Crippen molar-refractivity contribution in [1.82, 2.24) is 9.88 Å². The topological polar surface area (TPSA) is 54.3 Å². The molecule has 5 heteroatoms. The fourth-order valence-corrected chi connectivity index (χ4v) is 4.04. The molecule has 0 bridgehead atoms. The summed E-state index contributed by atoms with van der Waals surface area (Å²) in [6, 6.07) is 25.0. The predicted octanol–water partition coefficient (Wildman–Crippen LogP) is 5.04. The molecule has 1 aromatic heterocycles. The van der Waals surface area contributed by atoms with Crippen molar-refractivity contribution in [2.45, 2.75) is 19.0 Å². The first kappa shape index (κ1) is 21.3. The van der Waals surface area contributed by atoms with Gasteiger partial charge in [-0.2, -0.15) is 0 Å². The van der Waals surface area contributed by atoms with Crippen molar-refractivity contribution in [1.29, 1.82) is 0 Å². The minimum absolute atomic E-state index is 0.0216. The zero-order valence-corrected chi connectivity index (χ0v) is 17.9. The molecule has 4 nitrogen and oxygen atoms in total. The van der Waals surface area contributed by atoms with Crippen molar-refractivity contribution in [2.24, 2.45) is 0 Å². The van der Waals surface area contributed by atoms with E-state index in [1.54, 1.807) is 0 Å². The van der Waals surface area contributed by atoms with E-state index in [-0.39, 0.29) is 12.4 Å². The molecule has 4 rings (SSSR count). The second-order valence-corrected chi connectivity index (χ2v) is 7.95. The Morgan fingerprint density at radius 2 is 1.68 bits per heavy atom. The fourth-order valence-electron chi connectivity index (χ4n) is 3.91. The van der Waals surface area contributed by atoms with Crippen LogP contribution in [0.4, 0.5) is 0 Å². The van der Waals surface area contributed by atoms with Crippen LogP contribution in [0, 0.1) is 0 Å². The second kappa shape index (κ2) is 9.92. The third-order valence-electron chi connectivity index (χ3n) is 5.47. The van der Waals surface area contributed by atoms with E-state index in [9.17, 15) is 9.90 Å². The summed E-state index contributed by atoms with van der Waals surface area (Å²) in [5, 5.41) is 14.5. The summed E-state index contributed by atoms with van der Waals surface area (Å²) in [5.74, 6) is 0.0233. The van der Waals surface area contributed by atoms with E-state index in [1.165, 1.54) is 0 Å². The lowest BCUT2D eigenvalue weighted by Gasteiger charge is -2.18. The van der Waals surface area contributed by atoms with Crippen molar-refractivity contribution in [3.8, 4) is 0 Å². The number of nitrogens with one attached hydrogen (secondary N) is 1. The summed E-state index contributed by atoms with van der Waals surface area (Å²) in [7, 11) is 0. The van der Waals surface area contributed by atoms with Gasteiger partial charge in [0.05, 0.1) is 12.6 Å². The van der Waals surface area contributed by atoms with Crippen molar-refractivity contribution in [2.75, 3.05) is 13.2 Å². The van der Waals surface area contributed by atoms with Crippen LogP contribution in [-0.2, 0) is 13.0 Å². The molecule has 0 fully saturated rings. The summed E-state index contributed by atoms with van der Waals surface area (Å²) in [6.07, 6.45) is 2.65. The van der Waals surface area contributed by atoms with Gasteiger partial charge >= 0.3 is 0 Å². The summed E-state index contributed by atoms with van der Waals surface area (Å²) in [5.41, 5.74) is 3.71. The first-order chi connectivity index (χ1) is 15.2. The smallest absolute Gasteiger partial charge is 0.186 e. The molecule has 158 valence electrons. The lowest BCUT2D eigenvalue weighted by molar-refractivity contribution is 0.0944. The summed E-state index contributed by atoms with van der Waals surface area (Å²) < 4.78 is 1.94. The van der Waals surface area contributed by atoms with Gasteiger partial charge in [0.15, 0.2) is 5.78 Å². The average molecular weight is 433 g/mol. The highest BCUT2D eigenvalue weighted by atomic mass is 35.5. The van der Waals surface area contributed by atoms with Gasteiger partial charge in [-0.3, -0.25) is 4.79 Å². The van der Waals surface area contributed by atoms with Gasteiger partial charge in [0.1, 0.15) is 0 Å². The average Bonchev–Trinajstić information content (AvgIpc) is 3.17.